The van der Waals surface area contributed by atoms with Gasteiger partial charge in [-0.05, 0) is 56.2 Å². The molecule has 0 radical (unpaired) electrons. The van der Waals surface area contributed by atoms with E-state index < -0.39 is 0 Å². The Balaban J connectivity index is 1.26. The highest BCUT2D eigenvalue weighted by Gasteiger charge is 2.38. The summed E-state index contributed by atoms with van der Waals surface area (Å²) in [7, 11) is 0. The number of nitrogens with zero attached hydrogens (tertiary/aromatic N) is 2. The van der Waals surface area contributed by atoms with Gasteiger partial charge in [-0.25, -0.2) is 0 Å². The van der Waals surface area contributed by atoms with Crippen LogP contribution in [-0.4, -0.2) is 42.5 Å². The van der Waals surface area contributed by atoms with Gasteiger partial charge in [0.2, 0.25) is 5.91 Å². The topological polar surface area (TPSA) is 35.6 Å². The first-order valence-electron chi connectivity index (χ1n) is 10.7. The highest BCUT2D eigenvalue weighted by molar-refractivity contribution is 5.82. The molecule has 1 atom stereocenters. The van der Waals surface area contributed by atoms with Crippen LogP contribution in [-0.2, 0) is 11.3 Å². The molecular weight excluding hydrogens is 322 g/mol. The average Bonchev–Trinajstić information content (AvgIpc) is 2.67. The molecule has 3 fully saturated rings. The summed E-state index contributed by atoms with van der Waals surface area (Å²) in [6.45, 7) is 4.10. The van der Waals surface area contributed by atoms with E-state index in [9.17, 15) is 4.79 Å². The van der Waals surface area contributed by atoms with Crippen molar-refractivity contribution in [1.29, 1.82) is 0 Å². The molecule has 2 aliphatic heterocycles. The summed E-state index contributed by atoms with van der Waals surface area (Å²) in [5.74, 6) is 0.224. The molecule has 1 unspecified atom stereocenters. The van der Waals surface area contributed by atoms with Crippen LogP contribution in [0.1, 0.15) is 63.4 Å². The third-order valence-corrected chi connectivity index (χ3v) is 6.53. The summed E-state index contributed by atoms with van der Waals surface area (Å²) in [6, 6.07) is 9.53. The van der Waals surface area contributed by atoms with Crippen LogP contribution in [0.15, 0.2) is 24.3 Å². The number of benzene rings is 1. The number of hydrogen-bond acceptors (Lipinski definition) is 3. The van der Waals surface area contributed by atoms with Crippen LogP contribution in [0.5, 0.6) is 0 Å². The fraction of sp³-hybridized carbons (Fsp3) is 0.682. The summed E-state index contributed by atoms with van der Waals surface area (Å²) < 4.78 is 0. The fourth-order valence-corrected chi connectivity index (χ4v) is 4.82. The molecule has 1 aromatic carbocycles. The van der Waals surface area contributed by atoms with Gasteiger partial charge in [-0.15, -0.1) is 0 Å². The lowest BCUT2D eigenvalue weighted by atomic mass is 9.89. The number of carbonyl (C=O) groups is 1. The van der Waals surface area contributed by atoms with E-state index in [4.69, 9.17) is 0 Å². The predicted molar refractivity (Wildman–Crippen MR) is 106 cm³/mol. The Morgan fingerprint density at radius 2 is 1.58 bits per heavy atom. The molecule has 0 aromatic heterocycles. The first kappa shape index (κ1) is 17.8. The van der Waals surface area contributed by atoms with E-state index in [0.717, 1.165) is 13.0 Å². The van der Waals surface area contributed by atoms with E-state index in [1.54, 1.807) is 0 Å². The molecule has 3 aliphatic rings. The number of piperidine rings is 1. The summed E-state index contributed by atoms with van der Waals surface area (Å²) in [5.41, 5.74) is 2.52. The Labute approximate surface area is 157 Å². The molecule has 1 aliphatic carbocycles. The molecule has 1 amide bonds. The molecule has 2 heterocycles. The van der Waals surface area contributed by atoms with Crippen molar-refractivity contribution in [2.45, 2.75) is 76.4 Å². The number of nitrogens with one attached hydrogen (secondary N) is 1. The minimum absolute atomic E-state index is 0.116. The van der Waals surface area contributed by atoms with Crippen LogP contribution in [0.25, 0.3) is 0 Å². The van der Waals surface area contributed by atoms with Gasteiger partial charge in [-0.2, -0.15) is 0 Å². The van der Waals surface area contributed by atoms with Crippen molar-refractivity contribution in [3.8, 4) is 0 Å². The van der Waals surface area contributed by atoms with Crippen LogP contribution >= 0.6 is 0 Å². The lowest BCUT2D eigenvalue weighted by molar-refractivity contribution is -0.133. The highest BCUT2D eigenvalue weighted by atomic mass is 16.2. The highest BCUT2D eigenvalue weighted by Crippen LogP contribution is 2.30. The largest absolute Gasteiger partial charge is 0.372 e. The number of amides is 1. The van der Waals surface area contributed by atoms with Crippen molar-refractivity contribution in [2.75, 3.05) is 24.5 Å². The number of carbonyl (C=O) groups excluding carboxylic acids is 1. The van der Waals surface area contributed by atoms with Crippen LogP contribution in [0.3, 0.4) is 0 Å². The number of rotatable bonds is 5. The van der Waals surface area contributed by atoms with Gasteiger partial charge in [0, 0.05) is 37.9 Å². The van der Waals surface area contributed by atoms with Gasteiger partial charge in [-0.3, -0.25) is 9.69 Å². The number of hydrogen-bond donors (Lipinski definition) is 1. The SMILES string of the molecule is O=C(NCc1ccc(N2CCCCC2)cc1)C1CCN1C1CCCCC1. The minimum Gasteiger partial charge on any atom is -0.372 e. The van der Waals surface area contributed by atoms with E-state index in [2.05, 4.69) is 39.4 Å². The Kier molecular flexibility index (Phi) is 5.78. The van der Waals surface area contributed by atoms with Crippen molar-refractivity contribution in [3.63, 3.8) is 0 Å². The molecule has 1 aromatic rings. The van der Waals surface area contributed by atoms with Crippen LogP contribution in [0, 0.1) is 0 Å². The zero-order valence-electron chi connectivity index (χ0n) is 16.0. The second-order valence-electron chi connectivity index (χ2n) is 8.27. The van der Waals surface area contributed by atoms with Crippen LogP contribution in [0.2, 0.25) is 0 Å². The Morgan fingerprint density at radius 3 is 2.23 bits per heavy atom. The molecule has 0 bridgehead atoms. The molecule has 0 spiro atoms. The number of likely N-dealkylation sites (tertiary alicyclic amines) is 1. The van der Waals surface area contributed by atoms with E-state index in [0.29, 0.717) is 12.6 Å². The quantitative estimate of drug-likeness (QED) is 0.875. The lowest BCUT2D eigenvalue weighted by Crippen LogP contribution is -2.59. The summed E-state index contributed by atoms with van der Waals surface area (Å²) in [4.78, 5) is 17.5. The first-order valence-corrected chi connectivity index (χ1v) is 10.7. The maximum atomic E-state index is 12.6. The van der Waals surface area contributed by atoms with E-state index in [-0.39, 0.29) is 11.9 Å². The maximum Gasteiger partial charge on any atom is 0.237 e. The first-order chi connectivity index (χ1) is 12.8. The second-order valence-corrected chi connectivity index (χ2v) is 8.27. The van der Waals surface area contributed by atoms with Gasteiger partial charge in [0.15, 0.2) is 0 Å². The minimum atomic E-state index is 0.116. The third kappa shape index (κ3) is 4.06. The standard InChI is InChI=1S/C22H33N3O/c26-22(21-13-16-25(21)20-7-3-1-4-8-20)23-17-18-9-11-19(12-10-18)24-14-5-2-6-15-24/h9-12,20-21H,1-8,13-17H2,(H,23,26). The molecule has 4 rings (SSSR count). The van der Waals surface area contributed by atoms with Crippen molar-refractivity contribution in [2.24, 2.45) is 0 Å². The van der Waals surface area contributed by atoms with Crippen molar-refractivity contribution in [3.05, 3.63) is 29.8 Å². The smallest absolute Gasteiger partial charge is 0.237 e. The summed E-state index contributed by atoms with van der Waals surface area (Å²) >= 11 is 0. The van der Waals surface area contributed by atoms with Gasteiger partial charge >= 0.3 is 0 Å². The van der Waals surface area contributed by atoms with Gasteiger partial charge < -0.3 is 10.2 Å². The fourth-order valence-electron chi connectivity index (χ4n) is 4.82. The van der Waals surface area contributed by atoms with Crippen molar-refractivity contribution < 1.29 is 4.79 Å². The van der Waals surface area contributed by atoms with Gasteiger partial charge in [0.25, 0.3) is 0 Å². The molecule has 1 saturated carbocycles. The second kappa shape index (κ2) is 8.43. The average molecular weight is 356 g/mol. The van der Waals surface area contributed by atoms with Crippen LogP contribution in [0.4, 0.5) is 5.69 Å². The molecule has 4 nitrogen and oxygen atoms in total. The Bertz CT molecular complexity index is 588. The summed E-state index contributed by atoms with van der Waals surface area (Å²) in [6.07, 6.45) is 11.6. The van der Waals surface area contributed by atoms with Gasteiger partial charge in [0.1, 0.15) is 0 Å². The zero-order valence-corrected chi connectivity index (χ0v) is 16.0. The normalized spacial score (nSPS) is 24.9. The van der Waals surface area contributed by atoms with E-state index in [1.165, 1.54) is 75.7 Å². The molecule has 4 heteroatoms. The number of anilines is 1. The molecule has 26 heavy (non-hydrogen) atoms. The van der Waals surface area contributed by atoms with Gasteiger partial charge in [-0.1, -0.05) is 31.4 Å². The van der Waals surface area contributed by atoms with Crippen molar-refractivity contribution >= 4 is 11.6 Å². The molecule has 1 N–H and O–H groups in total. The zero-order chi connectivity index (χ0) is 17.8. The molecule has 2 saturated heterocycles. The van der Waals surface area contributed by atoms with E-state index in [1.807, 2.05) is 0 Å². The lowest BCUT2D eigenvalue weighted by Gasteiger charge is -2.46. The monoisotopic (exact) mass is 355 g/mol. The maximum absolute atomic E-state index is 12.6. The van der Waals surface area contributed by atoms with Crippen molar-refractivity contribution in [1.82, 2.24) is 10.2 Å². The van der Waals surface area contributed by atoms with Gasteiger partial charge in [0.05, 0.1) is 6.04 Å². The Hall–Kier alpha value is -1.55. The Morgan fingerprint density at radius 1 is 0.885 bits per heavy atom. The van der Waals surface area contributed by atoms with Crippen LogP contribution < -0.4 is 10.2 Å². The summed E-state index contributed by atoms with van der Waals surface area (Å²) in [5, 5.41) is 3.17. The molecule has 142 valence electrons. The molecular formula is C22H33N3O. The predicted octanol–water partition coefficient (Wildman–Crippen LogP) is 3.70. The van der Waals surface area contributed by atoms with E-state index >= 15 is 0 Å². The third-order valence-electron chi connectivity index (χ3n) is 6.53.